The number of halogens is 9. The number of esters is 1. The molecule has 1 aromatic rings. The summed E-state index contributed by atoms with van der Waals surface area (Å²) < 4.78 is 134. The largest absolute Gasteiger partial charge is 0.462 e. The molecule has 1 rings (SSSR count). The maximum absolute atomic E-state index is 11.8. The zero-order chi connectivity index (χ0) is 29.3. The van der Waals surface area contributed by atoms with Crippen molar-refractivity contribution >= 4 is 16.1 Å². The minimum Gasteiger partial charge on any atom is -0.462 e. The van der Waals surface area contributed by atoms with E-state index in [4.69, 9.17) is 5.11 Å². The number of benzene rings is 1. The average molecular weight is 594 g/mol. The molecule has 0 aliphatic heterocycles. The Balaban J connectivity index is -0.000000252. The molecule has 0 aliphatic carbocycles. The predicted molar refractivity (Wildman–Crippen MR) is 122 cm³/mol. The Morgan fingerprint density at radius 1 is 0.842 bits per heavy atom. The molecule has 0 radical (unpaired) electrons. The zero-order valence-corrected chi connectivity index (χ0v) is 20.0. The van der Waals surface area contributed by atoms with Crippen LogP contribution in [0.4, 0.5) is 39.5 Å². The highest BCUT2D eigenvalue weighted by Crippen LogP contribution is 2.17. The normalized spacial score (nSPS) is 12.4. The van der Waals surface area contributed by atoms with Crippen molar-refractivity contribution < 1.29 is 68.2 Å². The smallest absolute Gasteiger partial charge is 0.409 e. The Bertz CT molecular complexity index is 983. The fourth-order valence-electron chi connectivity index (χ4n) is 1.62. The Kier molecular flexibility index (Phi) is 19.2. The van der Waals surface area contributed by atoms with Gasteiger partial charge in [0.05, 0.1) is 18.1 Å². The van der Waals surface area contributed by atoms with E-state index >= 15 is 0 Å². The molecule has 6 nitrogen and oxygen atoms in total. The van der Waals surface area contributed by atoms with E-state index in [1.807, 2.05) is 0 Å². The molecule has 0 saturated carbocycles. The Hall–Kier alpha value is -2.85. The number of hydrogen-bond acceptors (Lipinski definition) is 6. The lowest BCUT2D eigenvalue weighted by molar-refractivity contribution is -0.139. The highest BCUT2D eigenvalue weighted by Gasteiger charge is 2.23. The maximum Gasteiger partial charge on any atom is 0.409 e. The summed E-state index contributed by atoms with van der Waals surface area (Å²) in [6.45, 7) is 1.34. The van der Waals surface area contributed by atoms with E-state index in [1.165, 1.54) is 12.1 Å². The second-order valence-electron chi connectivity index (χ2n) is 6.37. The quantitative estimate of drug-likeness (QED) is 0.169. The van der Waals surface area contributed by atoms with E-state index in [0.717, 1.165) is 18.6 Å². The zero-order valence-electron chi connectivity index (χ0n) is 19.2. The molecule has 0 atom stereocenters. The van der Waals surface area contributed by atoms with Crippen LogP contribution in [-0.4, -0.2) is 57.8 Å². The fraction of sp³-hybridized carbons (Fsp3) is 0.409. The maximum atomic E-state index is 11.8. The number of hydrogen-bond donors (Lipinski definition) is 1. The molecule has 0 spiro atoms. The first-order valence-corrected chi connectivity index (χ1v) is 11.0. The van der Waals surface area contributed by atoms with Gasteiger partial charge in [-0.2, -0.15) is 47.9 Å². The standard InChI is InChI=1S/C11H11F3O3S.C6H7F3O2.C4H5F3O.CH4.H2/c1-9-3-5-10(6-4-9)18(15,16)17-8-2-7-11(12,13)14;1-5(10)11-4-2-3-6(7,8)9;5-4(6,7)2-1-3-8;;/h2-7H,8H2,1H3;2-3H,4H2,1H3;1-2,8H,3H2;1H4;1H/b7-2+;3-2+;2-1+;;/i;;;;1+1. The summed E-state index contributed by atoms with van der Waals surface area (Å²) in [7, 11) is -4.01. The average Bonchev–Trinajstić information content (AvgIpc) is 2.72. The van der Waals surface area contributed by atoms with Crippen molar-refractivity contribution in [3.05, 3.63) is 66.3 Å². The summed E-state index contributed by atoms with van der Waals surface area (Å²) in [5, 5.41) is 7.84. The molecule has 0 bridgehead atoms. The number of carbonyl (C=O) groups is 1. The molecule has 0 saturated heterocycles. The molecule has 0 aliphatic rings. The van der Waals surface area contributed by atoms with Crippen molar-refractivity contribution in [3.8, 4) is 0 Å². The number of alkyl halides is 9. The van der Waals surface area contributed by atoms with Crippen LogP contribution >= 0.6 is 0 Å². The molecule has 0 fully saturated rings. The first kappa shape index (κ1) is 39.7. The fourth-order valence-corrected chi connectivity index (χ4v) is 2.48. The number of rotatable bonds is 7. The van der Waals surface area contributed by atoms with Crippen LogP contribution in [0.5, 0.6) is 0 Å². The van der Waals surface area contributed by atoms with Gasteiger partial charge in [0.25, 0.3) is 10.1 Å². The van der Waals surface area contributed by atoms with Crippen molar-refractivity contribution in [2.75, 3.05) is 19.8 Å². The van der Waals surface area contributed by atoms with Gasteiger partial charge in [-0.15, -0.1) is 0 Å². The van der Waals surface area contributed by atoms with Crippen LogP contribution in [0.3, 0.4) is 0 Å². The third-order valence-corrected chi connectivity index (χ3v) is 4.33. The van der Waals surface area contributed by atoms with Crippen molar-refractivity contribution in [1.29, 1.82) is 0 Å². The third kappa shape index (κ3) is 27.7. The molecular weight excluding hydrogens is 563 g/mol. The van der Waals surface area contributed by atoms with Gasteiger partial charge in [-0.05, 0) is 25.1 Å². The van der Waals surface area contributed by atoms with Crippen LogP contribution in [-0.2, 0) is 23.8 Å². The summed E-state index contributed by atoms with van der Waals surface area (Å²) >= 11 is 0. The van der Waals surface area contributed by atoms with E-state index < -0.39 is 47.8 Å². The SMILES string of the molecule is C.CC(=O)OC/C=C/C(F)(F)F.Cc1ccc(S(=O)(=O)OC/C=C/C(F)(F)F)cc1.OC/C=C/C(F)(F)F.[2HH]. The number of ether oxygens (including phenoxy) is 1. The number of aryl methyl sites for hydroxylation is 1. The first-order chi connectivity index (χ1) is 16.7. The lowest BCUT2D eigenvalue weighted by Crippen LogP contribution is -2.07. The van der Waals surface area contributed by atoms with Crippen molar-refractivity contribution in [3.63, 3.8) is 0 Å². The lowest BCUT2D eigenvalue weighted by Gasteiger charge is -2.04. The van der Waals surface area contributed by atoms with Crippen molar-refractivity contribution in [2.24, 2.45) is 0 Å². The summed E-state index contributed by atoms with van der Waals surface area (Å²) in [6, 6.07) is 5.81. The summed E-state index contributed by atoms with van der Waals surface area (Å²) in [5.41, 5.74) is 0.867. The number of aliphatic hydroxyl groups excluding tert-OH is 1. The minimum absolute atomic E-state index is 0. The van der Waals surface area contributed by atoms with Gasteiger partial charge in [-0.1, -0.05) is 37.3 Å². The molecule has 222 valence electrons. The summed E-state index contributed by atoms with van der Waals surface area (Å²) in [5.74, 6) is -0.600. The minimum atomic E-state index is -4.48. The van der Waals surface area contributed by atoms with E-state index in [0.29, 0.717) is 12.2 Å². The van der Waals surface area contributed by atoms with Crippen molar-refractivity contribution in [1.82, 2.24) is 0 Å². The van der Waals surface area contributed by atoms with E-state index in [-0.39, 0.29) is 38.6 Å². The molecule has 38 heavy (non-hydrogen) atoms. The molecule has 16 heteroatoms. The van der Waals surface area contributed by atoms with Crippen LogP contribution in [0, 0.1) is 6.92 Å². The van der Waals surface area contributed by atoms with Gasteiger partial charge in [0.1, 0.15) is 6.61 Å². The van der Waals surface area contributed by atoms with Gasteiger partial charge in [0.2, 0.25) is 0 Å². The summed E-state index contributed by atoms with van der Waals surface area (Å²) in [6.07, 6.45) is -11.2. The third-order valence-electron chi connectivity index (χ3n) is 3.04. The second-order valence-corrected chi connectivity index (χ2v) is 7.98. The van der Waals surface area contributed by atoms with Gasteiger partial charge >= 0.3 is 24.5 Å². The van der Waals surface area contributed by atoms with Gasteiger partial charge in [-0.25, -0.2) is 0 Å². The van der Waals surface area contributed by atoms with Gasteiger partial charge in [-0.3, -0.25) is 8.98 Å². The Morgan fingerprint density at radius 2 is 1.24 bits per heavy atom. The summed E-state index contributed by atoms with van der Waals surface area (Å²) in [4.78, 5) is 9.94. The molecule has 0 unspecified atom stereocenters. The highest BCUT2D eigenvalue weighted by atomic mass is 32.2. The van der Waals surface area contributed by atoms with E-state index in [9.17, 15) is 52.7 Å². The number of carbonyl (C=O) groups excluding carboxylic acids is 1. The van der Waals surface area contributed by atoms with Gasteiger partial charge in [0, 0.05) is 26.6 Å². The van der Waals surface area contributed by atoms with Crippen LogP contribution in [0.15, 0.2) is 65.6 Å². The lowest BCUT2D eigenvalue weighted by atomic mass is 10.2. The second kappa shape index (κ2) is 18.4. The predicted octanol–water partition coefficient (Wildman–Crippen LogP) is 6.47. The Labute approximate surface area is 215 Å². The Morgan fingerprint density at radius 3 is 1.58 bits per heavy atom. The van der Waals surface area contributed by atoms with E-state index in [2.05, 4.69) is 8.92 Å². The molecule has 1 aromatic carbocycles. The molecule has 0 heterocycles. The van der Waals surface area contributed by atoms with Crippen LogP contribution in [0.25, 0.3) is 0 Å². The monoisotopic (exact) mass is 593 g/mol. The van der Waals surface area contributed by atoms with Gasteiger partial charge < -0.3 is 9.84 Å². The number of allylic oxidation sites excluding steroid dienone is 3. The first-order valence-electron chi connectivity index (χ1n) is 9.62. The topological polar surface area (TPSA) is 89.9 Å². The molecule has 0 amide bonds. The van der Waals surface area contributed by atoms with Crippen molar-refractivity contribution in [2.45, 2.75) is 44.7 Å². The number of aliphatic hydroxyl groups is 1. The van der Waals surface area contributed by atoms with Crippen LogP contribution in [0.1, 0.15) is 21.3 Å². The van der Waals surface area contributed by atoms with E-state index in [1.54, 1.807) is 19.1 Å². The van der Waals surface area contributed by atoms with Crippen LogP contribution in [0.2, 0.25) is 0 Å². The van der Waals surface area contributed by atoms with Crippen LogP contribution < -0.4 is 0 Å². The highest BCUT2D eigenvalue weighted by molar-refractivity contribution is 7.86. The molecular formula is C22H29F9O6S. The molecule has 0 aromatic heterocycles. The molecule has 1 N–H and O–H groups in total. The van der Waals surface area contributed by atoms with Gasteiger partial charge in [0.15, 0.2) is 0 Å².